The van der Waals surface area contributed by atoms with E-state index >= 15 is 0 Å². The van der Waals surface area contributed by atoms with Crippen molar-refractivity contribution in [3.05, 3.63) is 22.4 Å². The van der Waals surface area contributed by atoms with Crippen LogP contribution in [0.5, 0.6) is 0 Å². The summed E-state index contributed by atoms with van der Waals surface area (Å²) < 4.78 is 0. The van der Waals surface area contributed by atoms with Crippen LogP contribution < -0.4 is 5.32 Å². The molecular weight excluding hydrogens is 216 g/mol. The molecule has 0 saturated heterocycles. The largest absolute Gasteiger partial charge is 0.314 e. The van der Waals surface area contributed by atoms with Crippen LogP contribution in [0.1, 0.15) is 24.6 Å². The second kappa shape index (κ2) is 7.82. The van der Waals surface area contributed by atoms with Crippen LogP contribution in [0.4, 0.5) is 0 Å². The average Bonchev–Trinajstić information content (AvgIpc) is 2.75. The summed E-state index contributed by atoms with van der Waals surface area (Å²) in [6, 6.07) is 5.04. The molecule has 0 aliphatic carbocycles. The summed E-state index contributed by atoms with van der Waals surface area (Å²) in [5, 5.41) is 5.74. The van der Waals surface area contributed by atoms with Crippen LogP contribution in [0.25, 0.3) is 0 Å². The van der Waals surface area contributed by atoms with E-state index in [-0.39, 0.29) is 0 Å². The Bertz CT molecular complexity index is 257. The van der Waals surface area contributed by atoms with Crippen molar-refractivity contribution >= 4 is 11.3 Å². The predicted octanol–water partition coefficient (Wildman–Crippen LogP) is 2.61. The molecule has 0 radical (unpaired) electrons. The second-order valence-corrected chi connectivity index (χ2v) is 5.50. The molecule has 0 aliphatic rings. The Balaban J connectivity index is 2.27. The van der Waals surface area contributed by atoms with Crippen molar-refractivity contribution < 1.29 is 0 Å². The van der Waals surface area contributed by atoms with Gasteiger partial charge in [-0.25, -0.2) is 0 Å². The minimum Gasteiger partial charge on any atom is -0.314 e. The molecule has 1 unspecified atom stereocenters. The molecule has 1 heterocycles. The van der Waals surface area contributed by atoms with Gasteiger partial charge in [0, 0.05) is 10.9 Å². The van der Waals surface area contributed by atoms with E-state index in [1.165, 1.54) is 30.7 Å². The summed E-state index contributed by atoms with van der Waals surface area (Å²) in [6.07, 6.45) is 3.71. The number of aryl methyl sites for hydroxylation is 1. The molecule has 0 saturated carbocycles. The maximum Gasteiger partial charge on any atom is 0.00825 e. The lowest BCUT2D eigenvalue weighted by Crippen LogP contribution is -2.32. The zero-order valence-corrected chi connectivity index (χ0v) is 11.5. The molecule has 1 aromatic rings. The lowest BCUT2D eigenvalue weighted by Gasteiger charge is -2.19. The van der Waals surface area contributed by atoms with Gasteiger partial charge in [0.15, 0.2) is 0 Å². The van der Waals surface area contributed by atoms with E-state index in [1.54, 1.807) is 0 Å². The first kappa shape index (κ1) is 13.7. The molecule has 3 heteroatoms. The molecule has 16 heavy (non-hydrogen) atoms. The molecular formula is C13H24N2S. The van der Waals surface area contributed by atoms with E-state index in [0.717, 1.165) is 6.54 Å². The number of thiophene rings is 1. The van der Waals surface area contributed by atoms with E-state index in [0.29, 0.717) is 6.04 Å². The van der Waals surface area contributed by atoms with E-state index in [2.05, 4.69) is 48.7 Å². The Morgan fingerprint density at radius 2 is 2.19 bits per heavy atom. The monoisotopic (exact) mass is 240 g/mol. The normalized spacial score (nSPS) is 13.2. The molecule has 0 aromatic carbocycles. The Morgan fingerprint density at radius 1 is 1.38 bits per heavy atom. The Morgan fingerprint density at radius 3 is 2.75 bits per heavy atom. The summed E-state index contributed by atoms with van der Waals surface area (Å²) in [7, 11) is 4.28. The molecule has 1 N–H and O–H groups in total. The van der Waals surface area contributed by atoms with E-state index in [1.807, 2.05) is 11.3 Å². The zero-order chi connectivity index (χ0) is 11.8. The molecule has 92 valence electrons. The van der Waals surface area contributed by atoms with Gasteiger partial charge < -0.3 is 10.2 Å². The van der Waals surface area contributed by atoms with E-state index in [9.17, 15) is 0 Å². The topological polar surface area (TPSA) is 15.3 Å². The summed E-state index contributed by atoms with van der Waals surface area (Å²) >= 11 is 1.87. The van der Waals surface area contributed by atoms with Gasteiger partial charge in [-0.05, 0) is 57.9 Å². The summed E-state index contributed by atoms with van der Waals surface area (Å²) in [4.78, 5) is 3.77. The van der Waals surface area contributed by atoms with Gasteiger partial charge in [-0.2, -0.15) is 0 Å². The van der Waals surface area contributed by atoms with Gasteiger partial charge in [-0.15, -0.1) is 11.3 Å². The average molecular weight is 240 g/mol. The molecule has 0 bridgehead atoms. The third kappa shape index (κ3) is 5.64. The van der Waals surface area contributed by atoms with Crippen molar-refractivity contribution in [2.45, 2.75) is 32.2 Å². The van der Waals surface area contributed by atoms with Crippen LogP contribution in [-0.2, 0) is 6.42 Å². The molecule has 2 nitrogen and oxygen atoms in total. The smallest absolute Gasteiger partial charge is 0.00825 e. The molecule has 0 fully saturated rings. The van der Waals surface area contributed by atoms with E-state index < -0.39 is 0 Å². The predicted molar refractivity (Wildman–Crippen MR) is 73.3 cm³/mol. The number of hydrogen-bond acceptors (Lipinski definition) is 3. The van der Waals surface area contributed by atoms with Gasteiger partial charge in [-0.1, -0.05) is 13.0 Å². The molecule has 1 atom stereocenters. The van der Waals surface area contributed by atoms with Crippen molar-refractivity contribution in [2.75, 3.05) is 27.2 Å². The highest BCUT2D eigenvalue weighted by Crippen LogP contribution is 2.13. The fourth-order valence-electron chi connectivity index (χ4n) is 1.82. The third-order valence-corrected chi connectivity index (χ3v) is 3.67. The number of hydrogen-bond donors (Lipinski definition) is 1. The van der Waals surface area contributed by atoms with Crippen molar-refractivity contribution in [1.82, 2.24) is 10.2 Å². The van der Waals surface area contributed by atoms with Crippen LogP contribution in [0, 0.1) is 0 Å². The highest BCUT2D eigenvalue weighted by atomic mass is 32.1. The van der Waals surface area contributed by atoms with Gasteiger partial charge in [0.25, 0.3) is 0 Å². The maximum absolute atomic E-state index is 3.58. The van der Waals surface area contributed by atoms with E-state index in [4.69, 9.17) is 0 Å². The summed E-state index contributed by atoms with van der Waals surface area (Å²) in [6.45, 7) is 4.43. The molecule has 0 aliphatic heterocycles. The summed E-state index contributed by atoms with van der Waals surface area (Å²) in [5.41, 5.74) is 0. The van der Waals surface area contributed by atoms with Gasteiger partial charge >= 0.3 is 0 Å². The zero-order valence-electron chi connectivity index (χ0n) is 10.7. The number of nitrogens with zero attached hydrogens (tertiary/aromatic N) is 1. The quantitative estimate of drug-likeness (QED) is 0.751. The maximum atomic E-state index is 3.58. The molecule has 1 rings (SSSR count). The number of rotatable bonds is 8. The van der Waals surface area contributed by atoms with Crippen LogP contribution in [-0.4, -0.2) is 38.1 Å². The number of nitrogens with one attached hydrogen (secondary N) is 1. The standard InChI is InChI=1S/C13H24N2S/c1-4-14-12(9-10-15(2)3)7-8-13-6-5-11-16-13/h5-6,11-12,14H,4,7-10H2,1-3H3. The lowest BCUT2D eigenvalue weighted by atomic mass is 10.1. The van der Waals surface area contributed by atoms with Crippen molar-refractivity contribution in [1.29, 1.82) is 0 Å². The first-order chi connectivity index (χ1) is 7.72. The van der Waals surface area contributed by atoms with Crippen molar-refractivity contribution in [3.8, 4) is 0 Å². The first-order valence-corrected chi connectivity index (χ1v) is 7.00. The fraction of sp³-hybridized carbons (Fsp3) is 0.692. The highest BCUT2D eigenvalue weighted by molar-refractivity contribution is 7.09. The Hall–Kier alpha value is -0.380. The van der Waals surface area contributed by atoms with Crippen LogP contribution in [0.15, 0.2) is 17.5 Å². The van der Waals surface area contributed by atoms with Gasteiger partial charge in [0.1, 0.15) is 0 Å². The second-order valence-electron chi connectivity index (χ2n) is 4.46. The van der Waals surface area contributed by atoms with Crippen molar-refractivity contribution in [2.24, 2.45) is 0 Å². The lowest BCUT2D eigenvalue weighted by molar-refractivity contribution is 0.352. The highest BCUT2D eigenvalue weighted by Gasteiger charge is 2.08. The Labute approximate surface area is 104 Å². The van der Waals surface area contributed by atoms with Crippen LogP contribution >= 0.6 is 11.3 Å². The van der Waals surface area contributed by atoms with Crippen LogP contribution in [0.2, 0.25) is 0 Å². The van der Waals surface area contributed by atoms with Gasteiger partial charge in [0.05, 0.1) is 0 Å². The molecule has 0 spiro atoms. The minimum atomic E-state index is 0.662. The van der Waals surface area contributed by atoms with Gasteiger partial charge in [0.2, 0.25) is 0 Å². The van der Waals surface area contributed by atoms with Gasteiger partial charge in [-0.3, -0.25) is 0 Å². The Kier molecular flexibility index (Phi) is 6.69. The molecule has 0 amide bonds. The summed E-state index contributed by atoms with van der Waals surface area (Å²) in [5.74, 6) is 0. The van der Waals surface area contributed by atoms with Crippen molar-refractivity contribution in [3.63, 3.8) is 0 Å². The SMILES string of the molecule is CCNC(CCc1cccs1)CCN(C)C. The minimum absolute atomic E-state index is 0.662. The third-order valence-electron chi connectivity index (χ3n) is 2.74. The first-order valence-electron chi connectivity index (χ1n) is 6.13. The fourth-order valence-corrected chi connectivity index (χ4v) is 2.55. The van der Waals surface area contributed by atoms with Crippen LogP contribution in [0.3, 0.4) is 0 Å². The molecule has 1 aromatic heterocycles.